The summed E-state index contributed by atoms with van der Waals surface area (Å²) in [4.78, 5) is 1.49. The van der Waals surface area contributed by atoms with Crippen molar-refractivity contribution in [3.8, 4) is 0 Å². The van der Waals surface area contributed by atoms with Crippen LogP contribution in [0.25, 0.3) is 0 Å². The van der Waals surface area contributed by atoms with Crippen LogP contribution in [-0.4, -0.2) is 19.6 Å². The normalized spacial score (nSPS) is 17.1. The van der Waals surface area contributed by atoms with Crippen molar-refractivity contribution in [3.05, 3.63) is 21.9 Å². The van der Waals surface area contributed by atoms with Crippen molar-refractivity contribution in [2.75, 3.05) is 19.6 Å². The van der Waals surface area contributed by atoms with Crippen LogP contribution in [0.15, 0.2) is 11.4 Å². The van der Waals surface area contributed by atoms with E-state index in [1.807, 2.05) is 11.3 Å². The minimum Gasteiger partial charge on any atom is -0.317 e. The SMILES string of the molecule is Cc1ccsc1CNCC1CCNCC1.Cl. The van der Waals surface area contributed by atoms with E-state index in [0.29, 0.717) is 0 Å². The molecule has 92 valence electrons. The van der Waals surface area contributed by atoms with E-state index in [1.165, 1.54) is 42.9 Å². The molecule has 0 amide bonds. The lowest BCUT2D eigenvalue weighted by atomic mass is 9.98. The molecule has 2 N–H and O–H groups in total. The number of aryl methyl sites for hydroxylation is 1. The van der Waals surface area contributed by atoms with Gasteiger partial charge in [0.05, 0.1) is 0 Å². The molecular formula is C12H21ClN2S. The number of nitrogens with one attached hydrogen (secondary N) is 2. The largest absolute Gasteiger partial charge is 0.317 e. The fourth-order valence-corrected chi connectivity index (χ4v) is 2.94. The van der Waals surface area contributed by atoms with Gasteiger partial charge in [0, 0.05) is 11.4 Å². The molecule has 0 aliphatic carbocycles. The molecule has 1 fully saturated rings. The maximum atomic E-state index is 3.58. The Morgan fingerprint density at radius 2 is 2.19 bits per heavy atom. The molecule has 0 spiro atoms. The number of rotatable bonds is 4. The minimum atomic E-state index is 0. The Kier molecular flexibility index (Phi) is 6.36. The second-order valence-corrected chi connectivity index (χ2v) is 5.35. The molecule has 1 aliphatic heterocycles. The van der Waals surface area contributed by atoms with Crippen molar-refractivity contribution in [1.82, 2.24) is 10.6 Å². The zero-order chi connectivity index (χ0) is 10.5. The van der Waals surface area contributed by atoms with Crippen molar-refractivity contribution in [2.24, 2.45) is 5.92 Å². The topological polar surface area (TPSA) is 24.1 Å². The van der Waals surface area contributed by atoms with Crippen LogP contribution in [0.4, 0.5) is 0 Å². The first-order chi connectivity index (χ1) is 7.36. The molecule has 1 aliphatic rings. The number of hydrogen-bond acceptors (Lipinski definition) is 3. The highest BCUT2D eigenvalue weighted by molar-refractivity contribution is 7.10. The van der Waals surface area contributed by atoms with E-state index < -0.39 is 0 Å². The van der Waals surface area contributed by atoms with Gasteiger partial charge in [-0.3, -0.25) is 0 Å². The number of halogens is 1. The summed E-state index contributed by atoms with van der Waals surface area (Å²) >= 11 is 1.86. The Hall–Kier alpha value is -0.0900. The predicted molar refractivity (Wildman–Crippen MR) is 73.6 cm³/mol. The highest BCUT2D eigenvalue weighted by Gasteiger charge is 2.12. The molecule has 1 saturated heterocycles. The van der Waals surface area contributed by atoms with Gasteiger partial charge in [0.15, 0.2) is 0 Å². The Labute approximate surface area is 108 Å². The zero-order valence-corrected chi connectivity index (χ0v) is 11.4. The molecule has 2 heterocycles. The van der Waals surface area contributed by atoms with E-state index in [2.05, 4.69) is 29.0 Å². The lowest BCUT2D eigenvalue weighted by molar-refractivity contribution is 0.357. The summed E-state index contributed by atoms with van der Waals surface area (Å²) in [6, 6.07) is 2.20. The molecule has 1 aromatic rings. The molecule has 0 atom stereocenters. The van der Waals surface area contributed by atoms with E-state index in [4.69, 9.17) is 0 Å². The summed E-state index contributed by atoms with van der Waals surface area (Å²) in [5.74, 6) is 0.881. The second-order valence-electron chi connectivity index (χ2n) is 4.35. The van der Waals surface area contributed by atoms with E-state index in [1.54, 1.807) is 0 Å². The average molecular weight is 261 g/mol. The van der Waals surface area contributed by atoms with Crippen LogP contribution in [-0.2, 0) is 6.54 Å². The highest BCUT2D eigenvalue weighted by Crippen LogP contribution is 2.15. The molecule has 0 aromatic carbocycles. The summed E-state index contributed by atoms with van der Waals surface area (Å²) in [5, 5.41) is 9.16. The van der Waals surface area contributed by atoms with E-state index >= 15 is 0 Å². The van der Waals surface area contributed by atoms with Gasteiger partial charge in [0.1, 0.15) is 0 Å². The Morgan fingerprint density at radius 3 is 2.81 bits per heavy atom. The number of thiophene rings is 1. The first-order valence-corrected chi connectivity index (χ1v) is 6.68. The van der Waals surface area contributed by atoms with Crippen LogP contribution < -0.4 is 10.6 Å². The molecule has 4 heteroatoms. The van der Waals surface area contributed by atoms with Crippen LogP contribution in [0, 0.1) is 12.8 Å². The second kappa shape index (κ2) is 7.28. The molecular weight excluding hydrogens is 240 g/mol. The monoisotopic (exact) mass is 260 g/mol. The summed E-state index contributed by atoms with van der Waals surface area (Å²) in [5.41, 5.74) is 1.43. The molecule has 2 rings (SSSR count). The maximum absolute atomic E-state index is 3.58. The smallest absolute Gasteiger partial charge is 0.0302 e. The highest BCUT2D eigenvalue weighted by atomic mass is 35.5. The van der Waals surface area contributed by atoms with Gasteiger partial charge < -0.3 is 10.6 Å². The van der Waals surface area contributed by atoms with Crippen LogP contribution in [0.5, 0.6) is 0 Å². The lowest BCUT2D eigenvalue weighted by Crippen LogP contribution is -2.33. The predicted octanol–water partition coefficient (Wildman–Crippen LogP) is 2.57. The van der Waals surface area contributed by atoms with Crippen LogP contribution in [0.1, 0.15) is 23.3 Å². The number of hydrogen-bond donors (Lipinski definition) is 2. The zero-order valence-electron chi connectivity index (χ0n) is 9.79. The minimum absolute atomic E-state index is 0. The van der Waals surface area contributed by atoms with Gasteiger partial charge in [-0.25, -0.2) is 0 Å². The van der Waals surface area contributed by atoms with Crippen molar-refractivity contribution >= 4 is 23.7 Å². The summed E-state index contributed by atoms with van der Waals surface area (Å²) in [7, 11) is 0. The van der Waals surface area contributed by atoms with Gasteiger partial charge in [0.25, 0.3) is 0 Å². The van der Waals surface area contributed by atoms with Gasteiger partial charge >= 0.3 is 0 Å². The molecule has 1 aromatic heterocycles. The molecule has 0 saturated carbocycles. The van der Waals surface area contributed by atoms with Gasteiger partial charge in [-0.1, -0.05) is 0 Å². The van der Waals surface area contributed by atoms with E-state index in [-0.39, 0.29) is 12.4 Å². The van der Waals surface area contributed by atoms with Gasteiger partial charge in [-0.2, -0.15) is 0 Å². The lowest BCUT2D eigenvalue weighted by Gasteiger charge is -2.22. The molecule has 0 radical (unpaired) electrons. The molecule has 2 nitrogen and oxygen atoms in total. The first-order valence-electron chi connectivity index (χ1n) is 5.80. The van der Waals surface area contributed by atoms with Crippen molar-refractivity contribution in [2.45, 2.75) is 26.3 Å². The van der Waals surface area contributed by atoms with Crippen LogP contribution in [0.2, 0.25) is 0 Å². The van der Waals surface area contributed by atoms with E-state index in [9.17, 15) is 0 Å². The fraction of sp³-hybridized carbons (Fsp3) is 0.667. The van der Waals surface area contributed by atoms with Crippen LogP contribution in [0.3, 0.4) is 0 Å². The van der Waals surface area contributed by atoms with Crippen molar-refractivity contribution in [3.63, 3.8) is 0 Å². The quantitative estimate of drug-likeness (QED) is 0.870. The number of piperidine rings is 1. The van der Waals surface area contributed by atoms with Gasteiger partial charge in [0.2, 0.25) is 0 Å². The van der Waals surface area contributed by atoms with Crippen molar-refractivity contribution < 1.29 is 0 Å². The fourth-order valence-electron chi connectivity index (χ4n) is 2.06. The molecule has 0 bridgehead atoms. The Balaban J connectivity index is 0.00000128. The summed E-state index contributed by atoms with van der Waals surface area (Å²) < 4.78 is 0. The third-order valence-electron chi connectivity index (χ3n) is 3.15. The summed E-state index contributed by atoms with van der Waals surface area (Å²) in [6.45, 7) is 6.82. The Morgan fingerprint density at radius 1 is 1.44 bits per heavy atom. The first kappa shape index (κ1) is 14.0. The third-order valence-corrected chi connectivity index (χ3v) is 4.17. The van der Waals surface area contributed by atoms with E-state index in [0.717, 1.165) is 12.5 Å². The van der Waals surface area contributed by atoms with Crippen LogP contribution >= 0.6 is 23.7 Å². The third kappa shape index (κ3) is 4.06. The molecule has 0 unspecified atom stereocenters. The van der Waals surface area contributed by atoms with Gasteiger partial charge in [-0.05, 0) is 62.3 Å². The maximum Gasteiger partial charge on any atom is 0.0302 e. The van der Waals surface area contributed by atoms with Gasteiger partial charge in [-0.15, -0.1) is 23.7 Å². The van der Waals surface area contributed by atoms with Crippen molar-refractivity contribution in [1.29, 1.82) is 0 Å². The standard InChI is InChI=1S/C12H20N2S.ClH/c1-10-4-7-15-12(10)9-14-8-11-2-5-13-6-3-11;/h4,7,11,13-14H,2-3,5-6,8-9H2,1H3;1H. The average Bonchev–Trinajstić information content (AvgIpc) is 2.66. The molecule has 16 heavy (non-hydrogen) atoms. The summed E-state index contributed by atoms with van der Waals surface area (Å²) in [6.07, 6.45) is 2.66. The Bertz CT molecular complexity index is 295.